The second-order valence-electron chi connectivity index (χ2n) is 5.32. The fraction of sp³-hybridized carbons (Fsp3) is 0.312. The number of nitrogens with zero attached hydrogens (tertiary/aromatic N) is 2. The van der Waals surface area contributed by atoms with Crippen LogP contribution in [0.15, 0.2) is 41.4 Å². The van der Waals surface area contributed by atoms with Crippen molar-refractivity contribution in [3.63, 3.8) is 0 Å². The van der Waals surface area contributed by atoms with Crippen LogP contribution < -0.4 is 5.32 Å². The van der Waals surface area contributed by atoms with Gasteiger partial charge in [-0.1, -0.05) is 13.8 Å². The van der Waals surface area contributed by atoms with Gasteiger partial charge in [0.05, 0.1) is 0 Å². The Kier molecular flexibility index (Phi) is 3.85. The molecule has 3 aromatic rings. The van der Waals surface area contributed by atoms with Crippen molar-refractivity contribution in [3.05, 3.63) is 52.5 Å². The van der Waals surface area contributed by atoms with E-state index in [0.717, 1.165) is 18.7 Å². The first-order chi connectivity index (χ1) is 9.74. The maximum Gasteiger partial charge on any atom is 0.140 e. The Balaban J connectivity index is 1.95. The van der Waals surface area contributed by atoms with E-state index >= 15 is 0 Å². The predicted molar refractivity (Wildman–Crippen MR) is 85.1 cm³/mol. The number of aromatic nitrogens is 2. The number of thiophene rings is 1. The summed E-state index contributed by atoms with van der Waals surface area (Å²) in [5.41, 5.74) is 3.72. The summed E-state index contributed by atoms with van der Waals surface area (Å²) in [5.74, 6) is 0. The summed E-state index contributed by atoms with van der Waals surface area (Å²) in [6.45, 7) is 6.11. The second-order valence-corrected chi connectivity index (χ2v) is 6.10. The van der Waals surface area contributed by atoms with E-state index in [0.29, 0.717) is 6.04 Å². The van der Waals surface area contributed by atoms with E-state index in [-0.39, 0.29) is 0 Å². The van der Waals surface area contributed by atoms with Gasteiger partial charge in [-0.25, -0.2) is 4.98 Å². The van der Waals surface area contributed by atoms with Gasteiger partial charge in [0.2, 0.25) is 0 Å². The van der Waals surface area contributed by atoms with Gasteiger partial charge < -0.3 is 9.88 Å². The second kappa shape index (κ2) is 5.77. The average Bonchev–Trinajstić information content (AvgIpc) is 3.06. The van der Waals surface area contributed by atoms with Gasteiger partial charge in [-0.05, 0) is 40.1 Å². The Morgan fingerprint density at radius 2 is 2.25 bits per heavy atom. The van der Waals surface area contributed by atoms with Crippen molar-refractivity contribution in [2.45, 2.75) is 33.0 Å². The highest BCUT2D eigenvalue weighted by Crippen LogP contribution is 2.21. The molecule has 3 aromatic heterocycles. The molecule has 20 heavy (non-hydrogen) atoms. The highest BCUT2D eigenvalue weighted by atomic mass is 32.1. The summed E-state index contributed by atoms with van der Waals surface area (Å²) in [6, 6.07) is 6.83. The Bertz CT molecular complexity index is 683. The molecule has 0 saturated carbocycles. The lowest BCUT2D eigenvalue weighted by Crippen LogP contribution is -2.21. The molecular weight excluding hydrogens is 266 g/mol. The first kappa shape index (κ1) is 13.3. The summed E-state index contributed by atoms with van der Waals surface area (Å²) >= 11 is 1.74. The lowest BCUT2D eigenvalue weighted by molar-refractivity contribution is 0.589. The summed E-state index contributed by atoms with van der Waals surface area (Å²) in [5, 5.41) is 9.05. The number of rotatable bonds is 5. The van der Waals surface area contributed by atoms with Gasteiger partial charge >= 0.3 is 0 Å². The zero-order valence-corrected chi connectivity index (χ0v) is 12.7. The monoisotopic (exact) mass is 285 g/mol. The fourth-order valence-corrected chi connectivity index (χ4v) is 3.01. The van der Waals surface area contributed by atoms with Crippen molar-refractivity contribution in [2.75, 3.05) is 0 Å². The van der Waals surface area contributed by atoms with Gasteiger partial charge in [-0.2, -0.15) is 11.3 Å². The van der Waals surface area contributed by atoms with Crippen LogP contribution in [0.25, 0.3) is 11.0 Å². The standard InChI is InChI=1S/C16H19N3S/c1-12(2)18-8-14-10-19(9-13-5-7-20-11-13)16-15(14)4-3-6-17-16/h3-7,10-12,18H,8-9H2,1-2H3. The molecule has 0 unspecified atom stereocenters. The lowest BCUT2D eigenvalue weighted by Gasteiger charge is -2.06. The molecule has 4 heteroatoms. The van der Waals surface area contributed by atoms with Crippen molar-refractivity contribution in [1.82, 2.24) is 14.9 Å². The quantitative estimate of drug-likeness (QED) is 0.775. The van der Waals surface area contributed by atoms with Crippen molar-refractivity contribution < 1.29 is 0 Å². The van der Waals surface area contributed by atoms with Crippen LogP contribution in [-0.4, -0.2) is 15.6 Å². The van der Waals surface area contributed by atoms with Crippen LogP contribution >= 0.6 is 11.3 Å². The molecule has 3 heterocycles. The maximum atomic E-state index is 4.55. The SMILES string of the molecule is CC(C)NCc1cn(Cc2ccsc2)c2ncccc12. The molecule has 0 saturated heterocycles. The van der Waals surface area contributed by atoms with E-state index in [2.05, 4.69) is 57.8 Å². The molecule has 0 amide bonds. The predicted octanol–water partition coefficient (Wildman–Crippen LogP) is 3.64. The largest absolute Gasteiger partial charge is 0.328 e. The van der Waals surface area contributed by atoms with Crippen LogP contribution in [0, 0.1) is 0 Å². The van der Waals surface area contributed by atoms with Crippen molar-refractivity contribution in [2.24, 2.45) is 0 Å². The zero-order valence-electron chi connectivity index (χ0n) is 11.8. The van der Waals surface area contributed by atoms with Gasteiger partial charge in [0.15, 0.2) is 0 Å². The third-order valence-corrected chi connectivity index (χ3v) is 4.08. The molecule has 1 N–H and O–H groups in total. The molecule has 0 aromatic carbocycles. The molecule has 0 radical (unpaired) electrons. The lowest BCUT2D eigenvalue weighted by atomic mass is 10.2. The van der Waals surface area contributed by atoms with Crippen molar-refractivity contribution in [3.8, 4) is 0 Å². The molecule has 0 aliphatic rings. The molecule has 104 valence electrons. The van der Waals surface area contributed by atoms with Crippen LogP contribution in [0.4, 0.5) is 0 Å². The highest BCUT2D eigenvalue weighted by molar-refractivity contribution is 7.07. The summed E-state index contributed by atoms with van der Waals surface area (Å²) in [4.78, 5) is 4.55. The van der Waals surface area contributed by atoms with E-state index in [1.807, 2.05) is 12.3 Å². The maximum absolute atomic E-state index is 4.55. The molecular formula is C16H19N3S. The number of fused-ring (bicyclic) bond motifs is 1. The molecule has 0 atom stereocenters. The Hall–Kier alpha value is -1.65. The number of pyridine rings is 1. The Morgan fingerprint density at radius 1 is 1.35 bits per heavy atom. The molecule has 0 spiro atoms. The third kappa shape index (κ3) is 2.76. The van der Waals surface area contributed by atoms with Gasteiger partial charge in [0.1, 0.15) is 5.65 Å². The van der Waals surface area contributed by atoms with E-state index in [4.69, 9.17) is 0 Å². The van der Waals surface area contributed by atoms with Gasteiger partial charge in [0, 0.05) is 36.9 Å². The fourth-order valence-electron chi connectivity index (χ4n) is 2.35. The van der Waals surface area contributed by atoms with Crippen LogP contribution in [0.5, 0.6) is 0 Å². The molecule has 0 aliphatic carbocycles. The Morgan fingerprint density at radius 3 is 3.00 bits per heavy atom. The van der Waals surface area contributed by atoms with E-state index in [1.165, 1.54) is 16.5 Å². The van der Waals surface area contributed by atoms with Crippen LogP contribution in [0.3, 0.4) is 0 Å². The smallest absolute Gasteiger partial charge is 0.140 e. The molecule has 0 bridgehead atoms. The average molecular weight is 285 g/mol. The first-order valence-electron chi connectivity index (χ1n) is 6.91. The molecule has 3 rings (SSSR count). The van der Waals surface area contributed by atoms with E-state index < -0.39 is 0 Å². The van der Waals surface area contributed by atoms with Crippen LogP contribution in [0.1, 0.15) is 25.0 Å². The topological polar surface area (TPSA) is 29.9 Å². The molecule has 0 fully saturated rings. The van der Waals surface area contributed by atoms with E-state index in [9.17, 15) is 0 Å². The first-order valence-corrected chi connectivity index (χ1v) is 7.85. The van der Waals surface area contributed by atoms with Gasteiger partial charge in [-0.15, -0.1) is 0 Å². The van der Waals surface area contributed by atoms with Gasteiger partial charge in [0.25, 0.3) is 0 Å². The minimum atomic E-state index is 0.488. The summed E-state index contributed by atoms with van der Waals surface area (Å²) in [7, 11) is 0. The van der Waals surface area contributed by atoms with Crippen molar-refractivity contribution in [1.29, 1.82) is 0 Å². The number of nitrogens with one attached hydrogen (secondary N) is 1. The Labute approximate surface area is 123 Å². The number of hydrogen-bond donors (Lipinski definition) is 1. The van der Waals surface area contributed by atoms with Crippen LogP contribution in [0.2, 0.25) is 0 Å². The summed E-state index contributed by atoms with van der Waals surface area (Å²) < 4.78 is 2.24. The normalized spacial score (nSPS) is 11.6. The molecule has 3 nitrogen and oxygen atoms in total. The van der Waals surface area contributed by atoms with Crippen molar-refractivity contribution >= 4 is 22.4 Å². The van der Waals surface area contributed by atoms with E-state index in [1.54, 1.807) is 11.3 Å². The summed E-state index contributed by atoms with van der Waals surface area (Å²) in [6.07, 6.45) is 4.09. The van der Waals surface area contributed by atoms with Crippen LogP contribution in [-0.2, 0) is 13.1 Å². The zero-order chi connectivity index (χ0) is 13.9. The molecule has 0 aliphatic heterocycles. The van der Waals surface area contributed by atoms with Gasteiger partial charge in [-0.3, -0.25) is 0 Å². The minimum absolute atomic E-state index is 0.488. The number of hydrogen-bond acceptors (Lipinski definition) is 3. The highest BCUT2D eigenvalue weighted by Gasteiger charge is 2.10. The third-order valence-electron chi connectivity index (χ3n) is 3.35. The minimum Gasteiger partial charge on any atom is -0.328 e.